The van der Waals surface area contributed by atoms with Gasteiger partial charge in [0.1, 0.15) is 5.82 Å². The van der Waals surface area contributed by atoms with Crippen molar-refractivity contribution in [1.82, 2.24) is 0 Å². The average molecular weight is 193 g/mol. The Labute approximate surface area is 73.6 Å². The second kappa shape index (κ2) is 4.01. The minimum Gasteiger partial charge on any atom is -0.258 e. The first-order chi connectivity index (χ1) is 5.11. The van der Waals surface area contributed by atoms with Gasteiger partial charge < -0.3 is 0 Å². The third kappa shape index (κ3) is 2.16. The Morgan fingerprint density at radius 1 is 1.33 bits per heavy atom. The van der Waals surface area contributed by atoms with E-state index < -0.39 is 22.2 Å². The van der Waals surface area contributed by atoms with Crippen LogP contribution in [-0.4, -0.2) is 4.92 Å². The molecule has 66 valence electrons. The highest BCUT2D eigenvalue weighted by Gasteiger charge is 2.13. The quantitative estimate of drug-likeness (QED) is 0.505. The molecule has 0 aliphatic heterocycles. The van der Waals surface area contributed by atoms with Crippen LogP contribution < -0.4 is 0 Å². The number of nitro groups is 1. The molecule has 1 rings (SSSR count). The standard InChI is InChI=1S/C6H3F2NO2.H2S/c7-4-1-2-5(8)6(3-4)9(10)11;/h1-3H;1H2. The average Bonchev–Trinajstić information content (AvgIpc) is 1.94. The normalized spacial score (nSPS) is 8.83. The lowest BCUT2D eigenvalue weighted by molar-refractivity contribution is -0.387. The van der Waals surface area contributed by atoms with E-state index in [1.165, 1.54) is 0 Å². The van der Waals surface area contributed by atoms with Gasteiger partial charge in [0, 0.05) is 0 Å². The largest absolute Gasteiger partial charge is 0.307 e. The fourth-order valence-electron chi connectivity index (χ4n) is 0.626. The monoisotopic (exact) mass is 193 g/mol. The van der Waals surface area contributed by atoms with Gasteiger partial charge in [0.25, 0.3) is 0 Å². The third-order valence-electron chi connectivity index (χ3n) is 1.10. The molecule has 12 heavy (non-hydrogen) atoms. The minimum absolute atomic E-state index is 0. The van der Waals surface area contributed by atoms with E-state index in [0.29, 0.717) is 12.1 Å². The Balaban J connectivity index is 0.00000121. The van der Waals surface area contributed by atoms with Gasteiger partial charge in [-0.2, -0.15) is 17.9 Å². The SMILES string of the molecule is O=[N+]([O-])c1cc(F)ccc1F.S. The summed E-state index contributed by atoms with van der Waals surface area (Å²) in [6.45, 7) is 0. The van der Waals surface area contributed by atoms with Crippen LogP contribution in [0.3, 0.4) is 0 Å². The van der Waals surface area contributed by atoms with Crippen molar-refractivity contribution < 1.29 is 13.7 Å². The molecule has 0 atom stereocenters. The second-order valence-electron chi connectivity index (χ2n) is 1.85. The summed E-state index contributed by atoms with van der Waals surface area (Å²) in [6.07, 6.45) is 0. The van der Waals surface area contributed by atoms with Crippen molar-refractivity contribution in [3.05, 3.63) is 39.9 Å². The summed E-state index contributed by atoms with van der Waals surface area (Å²) in [6, 6.07) is 2.07. The summed E-state index contributed by atoms with van der Waals surface area (Å²) >= 11 is 0. The summed E-state index contributed by atoms with van der Waals surface area (Å²) in [5.41, 5.74) is -0.843. The van der Waals surface area contributed by atoms with Crippen LogP contribution in [0.2, 0.25) is 0 Å². The first-order valence-electron chi connectivity index (χ1n) is 2.70. The molecule has 0 radical (unpaired) electrons. The van der Waals surface area contributed by atoms with Crippen LogP contribution in [-0.2, 0) is 0 Å². The molecule has 1 aromatic carbocycles. The summed E-state index contributed by atoms with van der Waals surface area (Å²) in [5.74, 6) is -1.85. The molecule has 0 spiro atoms. The van der Waals surface area contributed by atoms with Gasteiger partial charge in [-0.1, -0.05) is 0 Å². The molecule has 0 amide bonds. The van der Waals surface area contributed by atoms with Gasteiger partial charge in [-0.05, 0) is 12.1 Å². The van der Waals surface area contributed by atoms with Crippen LogP contribution in [0, 0.1) is 21.7 Å². The van der Waals surface area contributed by atoms with E-state index in [1.807, 2.05) is 0 Å². The molecule has 3 nitrogen and oxygen atoms in total. The molecule has 0 fully saturated rings. The smallest absolute Gasteiger partial charge is 0.258 e. The van der Waals surface area contributed by atoms with Gasteiger partial charge in [-0.15, -0.1) is 0 Å². The van der Waals surface area contributed by atoms with Crippen LogP contribution in [0.1, 0.15) is 0 Å². The number of benzene rings is 1. The van der Waals surface area contributed by atoms with Crippen molar-refractivity contribution in [2.45, 2.75) is 0 Å². The van der Waals surface area contributed by atoms with E-state index in [1.54, 1.807) is 0 Å². The lowest BCUT2D eigenvalue weighted by atomic mass is 10.3. The zero-order valence-corrected chi connectivity index (χ0v) is 6.75. The zero-order valence-electron chi connectivity index (χ0n) is 5.75. The Kier molecular flexibility index (Phi) is 3.62. The van der Waals surface area contributed by atoms with Crippen LogP contribution in [0.25, 0.3) is 0 Å². The molecule has 0 N–H and O–H groups in total. The summed E-state index contributed by atoms with van der Waals surface area (Å²) in [5, 5.41) is 9.97. The highest BCUT2D eigenvalue weighted by Crippen LogP contribution is 2.16. The molecule has 0 saturated carbocycles. The Morgan fingerprint density at radius 2 is 1.92 bits per heavy atom. The highest BCUT2D eigenvalue weighted by molar-refractivity contribution is 7.59. The maximum atomic E-state index is 12.4. The Morgan fingerprint density at radius 3 is 2.33 bits per heavy atom. The second-order valence-corrected chi connectivity index (χ2v) is 1.85. The first-order valence-corrected chi connectivity index (χ1v) is 2.70. The molecule has 0 aliphatic rings. The fourth-order valence-corrected chi connectivity index (χ4v) is 0.626. The predicted molar refractivity (Wildman–Crippen MR) is 43.4 cm³/mol. The highest BCUT2D eigenvalue weighted by atomic mass is 32.1. The van der Waals surface area contributed by atoms with Crippen molar-refractivity contribution in [3.63, 3.8) is 0 Å². The Bertz CT molecular complexity index is 306. The predicted octanol–water partition coefficient (Wildman–Crippen LogP) is 1.99. The van der Waals surface area contributed by atoms with E-state index in [-0.39, 0.29) is 13.5 Å². The fraction of sp³-hybridized carbons (Fsp3) is 0. The van der Waals surface area contributed by atoms with Gasteiger partial charge in [0.2, 0.25) is 5.82 Å². The number of nitro benzene ring substituents is 1. The van der Waals surface area contributed by atoms with Crippen LogP contribution in [0.15, 0.2) is 18.2 Å². The van der Waals surface area contributed by atoms with Crippen LogP contribution in [0.5, 0.6) is 0 Å². The van der Waals surface area contributed by atoms with E-state index in [0.717, 1.165) is 6.07 Å². The Hall–Kier alpha value is -1.17. The molecule has 0 aliphatic carbocycles. The van der Waals surface area contributed by atoms with Crippen molar-refractivity contribution >= 4 is 19.2 Å². The lowest BCUT2D eigenvalue weighted by Crippen LogP contribution is -1.92. The molecule has 0 bridgehead atoms. The van der Waals surface area contributed by atoms with Gasteiger partial charge in [-0.25, -0.2) is 4.39 Å². The number of nitrogens with zero attached hydrogens (tertiary/aromatic N) is 1. The number of hydrogen-bond acceptors (Lipinski definition) is 2. The summed E-state index contributed by atoms with van der Waals surface area (Å²) in [4.78, 5) is 9.00. The number of halogens is 2. The maximum Gasteiger partial charge on any atom is 0.307 e. The molecular weight excluding hydrogens is 188 g/mol. The summed E-state index contributed by atoms with van der Waals surface area (Å²) in [7, 11) is 0. The van der Waals surface area contributed by atoms with Crippen molar-refractivity contribution in [1.29, 1.82) is 0 Å². The van der Waals surface area contributed by atoms with Gasteiger partial charge in [-0.3, -0.25) is 10.1 Å². The number of rotatable bonds is 1. The molecule has 0 saturated heterocycles. The van der Waals surface area contributed by atoms with E-state index >= 15 is 0 Å². The molecule has 1 aromatic rings. The van der Waals surface area contributed by atoms with Crippen LogP contribution >= 0.6 is 13.5 Å². The third-order valence-corrected chi connectivity index (χ3v) is 1.10. The van der Waals surface area contributed by atoms with E-state index in [4.69, 9.17) is 0 Å². The topological polar surface area (TPSA) is 43.1 Å². The summed E-state index contributed by atoms with van der Waals surface area (Å²) < 4.78 is 24.6. The van der Waals surface area contributed by atoms with E-state index in [9.17, 15) is 18.9 Å². The van der Waals surface area contributed by atoms with Crippen molar-refractivity contribution in [3.8, 4) is 0 Å². The molecular formula is C6H5F2NO2S. The molecule has 0 heterocycles. The van der Waals surface area contributed by atoms with Gasteiger partial charge in [0.05, 0.1) is 11.0 Å². The molecule has 0 aromatic heterocycles. The maximum absolute atomic E-state index is 12.4. The molecule has 6 heteroatoms. The van der Waals surface area contributed by atoms with Crippen LogP contribution in [0.4, 0.5) is 14.5 Å². The minimum atomic E-state index is -1.03. The zero-order chi connectivity index (χ0) is 8.43. The van der Waals surface area contributed by atoms with Gasteiger partial charge in [0.15, 0.2) is 0 Å². The lowest BCUT2D eigenvalue weighted by Gasteiger charge is -1.91. The molecule has 0 unspecified atom stereocenters. The van der Waals surface area contributed by atoms with Crippen molar-refractivity contribution in [2.24, 2.45) is 0 Å². The first kappa shape index (κ1) is 10.8. The number of hydrogen-bond donors (Lipinski definition) is 0. The van der Waals surface area contributed by atoms with Gasteiger partial charge >= 0.3 is 5.69 Å². The van der Waals surface area contributed by atoms with Crippen molar-refractivity contribution in [2.75, 3.05) is 0 Å². The van der Waals surface area contributed by atoms with E-state index in [2.05, 4.69) is 0 Å².